The Balaban J connectivity index is 2.22. The van der Waals surface area contributed by atoms with Crippen LogP contribution in [-0.4, -0.2) is 13.1 Å². The van der Waals surface area contributed by atoms with Gasteiger partial charge in [0.1, 0.15) is 0 Å². The molecule has 5 heteroatoms. The van der Waals surface area contributed by atoms with Crippen LogP contribution in [0.3, 0.4) is 0 Å². The zero-order valence-corrected chi connectivity index (χ0v) is 13.1. The largest absolute Gasteiger partial charge is 0.465 e. The number of ether oxygens (including phenoxy) is 1. The summed E-state index contributed by atoms with van der Waals surface area (Å²) in [6.45, 7) is 4.18. The van der Waals surface area contributed by atoms with Gasteiger partial charge in [-0.05, 0) is 49.1 Å². The first-order valence-electron chi connectivity index (χ1n) is 6.21. The number of hydrogen-bond donors (Lipinski definition) is 1. The van der Waals surface area contributed by atoms with E-state index >= 15 is 0 Å². The first-order valence-corrected chi connectivity index (χ1v) is 7.47. The Bertz CT molecular complexity index is 624. The smallest absolute Gasteiger partial charge is 0.339 e. The Morgan fingerprint density at radius 1 is 1.40 bits per heavy atom. The minimum absolute atomic E-state index is 0.168. The molecule has 106 valence electrons. The highest BCUT2D eigenvalue weighted by molar-refractivity contribution is 7.10. The molecule has 0 aliphatic heterocycles. The van der Waals surface area contributed by atoms with Crippen LogP contribution in [0.4, 0.5) is 5.69 Å². The second-order valence-corrected chi connectivity index (χ2v) is 5.87. The van der Waals surface area contributed by atoms with E-state index in [2.05, 4.69) is 30.6 Å². The summed E-state index contributed by atoms with van der Waals surface area (Å²) >= 11 is 7.72. The van der Waals surface area contributed by atoms with E-state index in [0.717, 1.165) is 5.69 Å². The fourth-order valence-electron chi connectivity index (χ4n) is 2.03. The van der Waals surface area contributed by atoms with Crippen molar-refractivity contribution in [3.05, 3.63) is 50.7 Å². The van der Waals surface area contributed by atoms with E-state index in [1.165, 1.54) is 17.6 Å². The monoisotopic (exact) mass is 309 g/mol. The van der Waals surface area contributed by atoms with Crippen LogP contribution in [0, 0.1) is 6.92 Å². The third-order valence-corrected chi connectivity index (χ3v) is 4.58. The highest BCUT2D eigenvalue weighted by Crippen LogP contribution is 2.28. The van der Waals surface area contributed by atoms with Gasteiger partial charge in [0.05, 0.1) is 23.7 Å². The number of halogens is 1. The molecule has 1 aromatic carbocycles. The van der Waals surface area contributed by atoms with Gasteiger partial charge in [0.15, 0.2) is 0 Å². The highest BCUT2D eigenvalue weighted by atomic mass is 35.5. The molecular weight excluding hydrogens is 294 g/mol. The normalized spacial score (nSPS) is 12.0. The van der Waals surface area contributed by atoms with Crippen molar-refractivity contribution >= 4 is 34.6 Å². The van der Waals surface area contributed by atoms with E-state index in [0.29, 0.717) is 10.6 Å². The van der Waals surface area contributed by atoms with Crippen LogP contribution in [0.2, 0.25) is 5.02 Å². The molecule has 0 saturated heterocycles. The summed E-state index contributed by atoms with van der Waals surface area (Å²) in [5.74, 6) is -0.432. The van der Waals surface area contributed by atoms with Crippen LogP contribution in [0.1, 0.15) is 33.8 Å². The van der Waals surface area contributed by atoms with E-state index in [4.69, 9.17) is 16.3 Å². The van der Waals surface area contributed by atoms with Gasteiger partial charge in [-0.3, -0.25) is 0 Å². The predicted octanol–water partition coefficient (Wildman–Crippen LogP) is 4.67. The van der Waals surface area contributed by atoms with Gasteiger partial charge in [-0.15, -0.1) is 11.3 Å². The summed E-state index contributed by atoms with van der Waals surface area (Å²) in [6.07, 6.45) is 0. The fraction of sp³-hybridized carbons (Fsp3) is 0.267. The van der Waals surface area contributed by atoms with Gasteiger partial charge < -0.3 is 10.1 Å². The van der Waals surface area contributed by atoms with Gasteiger partial charge in [-0.1, -0.05) is 11.6 Å². The summed E-state index contributed by atoms with van der Waals surface area (Å²) in [5, 5.41) is 5.84. The van der Waals surface area contributed by atoms with Crippen molar-refractivity contribution in [2.24, 2.45) is 0 Å². The highest BCUT2D eigenvalue weighted by Gasteiger charge is 2.14. The number of benzene rings is 1. The molecule has 0 aliphatic carbocycles. The van der Waals surface area contributed by atoms with Crippen LogP contribution < -0.4 is 5.32 Å². The lowest BCUT2D eigenvalue weighted by molar-refractivity contribution is 0.0601. The maximum atomic E-state index is 11.6. The minimum Gasteiger partial charge on any atom is -0.465 e. The maximum Gasteiger partial charge on any atom is 0.339 e. The van der Waals surface area contributed by atoms with Crippen LogP contribution in [-0.2, 0) is 4.74 Å². The summed E-state index contributed by atoms with van der Waals surface area (Å²) in [7, 11) is 1.34. The fourth-order valence-corrected chi connectivity index (χ4v) is 3.16. The zero-order valence-electron chi connectivity index (χ0n) is 11.6. The zero-order chi connectivity index (χ0) is 14.7. The van der Waals surface area contributed by atoms with E-state index in [1.54, 1.807) is 23.5 Å². The Morgan fingerprint density at radius 3 is 2.75 bits per heavy atom. The first-order chi connectivity index (χ1) is 9.52. The molecule has 1 unspecified atom stereocenters. The number of anilines is 1. The van der Waals surface area contributed by atoms with Gasteiger partial charge in [0, 0.05) is 10.6 Å². The first kappa shape index (κ1) is 14.9. The van der Waals surface area contributed by atoms with Crippen molar-refractivity contribution < 1.29 is 9.53 Å². The van der Waals surface area contributed by atoms with Crippen molar-refractivity contribution in [2.75, 3.05) is 12.4 Å². The molecule has 20 heavy (non-hydrogen) atoms. The number of carbonyl (C=O) groups is 1. The third-order valence-electron chi connectivity index (χ3n) is 3.05. The molecule has 0 fully saturated rings. The average molecular weight is 310 g/mol. The number of carbonyl (C=O) groups excluding carboxylic acids is 1. The van der Waals surface area contributed by atoms with Crippen molar-refractivity contribution in [3.8, 4) is 0 Å². The van der Waals surface area contributed by atoms with E-state index in [9.17, 15) is 4.79 Å². The molecule has 0 saturated carbocycles. The lowest BCUT2D eigenvalue weighted by Crippen LogP contribution is -2.08. The number of rotatable bonds is 4. The topological polar surface area (TPSA) is 38.3 Å². The molecule has 0 aliphatic rings. The molecule has 0 bridgehead atoms. The number of methoxy groups -OCH3 is 1. The number of esters is 1. The number of hydrogen-bond acceptors (Lipinski definition) is 4. The number of nitrogens with one attached hydrogen (secondary N) is 1. The maximum absolute atomic E-state index is 11.6. The molecule has 0 spiro atoms. The molecule has 3 nitrogen and oxygen atoms in total. The molecule has 0 amide bonds. The lowest BCUT2D eigenvalue weighted by atomic mass is 10.1. The molecule has 2 rings (SSSR count). The van der Waals surface area contributed by atoms with Crippen molar-refractivity contribution in [1.29, 1.82) is 0 Å². The molecule has 1 aromatic heterocycles. The van der Waals surface area contributed by atoms with Gasteiger partial charge in [0.25, 0.3) is 0 Å². The summed E-state index contributed by atoms with van der Waals surface area (Å²) < 4.78 is 4.72. The van der Waals surface area contributed by atoms with Crippen LogP contribution in [0.15, 0.2) is 29.6 Å². The predicted molar refractivity (Wildman–Crippen MR) is 83.9 cm³/mol. The van der Waals surface area contributed by atoms with Crippen molar-refractivity contribution in [2.45, 2.75) is 19.9 Å². The van der Waals surface area contributed by atoms with Gasteiger partial charge >= 0.3 is 5.97 Å². The minimum atomic E-state index is -0.432. The summed E-state index contributed by atoms with van der Waals surface area (Å²) in [6, 6.07) is 7.54. The molecule has 0 radical (unpaired) electrons. The molecule has 1 N–H and O–H groups in total. The standard InChI is InChI=1S/C15H16ClNO2S/c1-9-6-7-20-14(9)10(2)17-11-4-5-13(16)12(8-11)15(18)19-3/h4-8,10,17H,1-3H3. The van der Waals surface area contributed by atoms with Gasteiger partial charge in [-0.25, -0.2) is 4.79 Å². The van der Waals surface area contributed by atoms with Crippen LogP contribution in [0.5, 0.6) is 0 Å². The lowest BCUT2D eigenvalue weighted by Gasteiger charge is -2.16. The number of thiophene rings is 1. The van der Waals surface area contributed by atoms with Gasteiger partial charge in [0.2, 0.25) is 0 Å². The van der Waals surface area contributed by atoms with Crippen LogP contribution in [0.25, 0.3) is 0 Å². The Morgan fingerprint density at radius 2 is 2.15 bits per heavy atom. The van der Waals surface area contributed by atoms with E-state index in [-0.39, 0.29) is 6.04 Å². The van der Waals surface area contributed by atoms with Crippen molar-refractivity contribution in [3.63, 3.8) is 0 Å². The average Bonchev–Trinajstić information content (AvgIpc) is 2.86. The molecule has 1 atom stereocenters. The van der Waals surface area contributed by atoms with E-state index < -0.39 is 5.97 Å². The quantitative estimate of drug-likeness (QED) is 0.834. The van der Waals surface area contributed by atoms with Gasteiger partial charge in [-0.2, -0.15) is 0 Å². The molecule has 1 heterocycles. The SMILES string of the molecule is COC(=O)c1cc(NC(C)c2sccc2C)ccc1Cl. The third kappa shape index (κ3) is 3.14. The molecular formula is C15H16ClNO2S. The number of aryl methyl sites for hydroxylation is 1. The Labute approximate surface area is 127 Å². The Kier molecular flexibility index (Phi) is 4.68. The summed E-state index contributed by atoms with van der Waals surface area (Å²) in [5.41, 5.74) is 2.47. The van der Waals surface area contributed by atoms with Crippen LogP contribution >= 0.6 is 22.9 Å². The molecule has 2 aromatic rings. The second kappa shape index (κ2) is 6.29. The second-order valence-electron chi connectivity index (χ2n) is 4.52. The van der Waals surface area contributed by atoms with E-state index in [1.807, 2.05) is 6.07 Å². The van der Waals surface area contributed by atoms with Crippen molar-refractivity contribution in [1.82, 2.24) is 0 Å². The summed E-state index contributed by atoms with van der Waals surface area (Å²) in [4.78, 5) is 12.9. The Hall–Kier alpha value is -1.52.